The van der Waals surface area contributed by atoms with Crippen molar-refractivity contribution < 1.29 is 0 Å². The summed E-state index contributed by atoms with van der Waals surface area (Å²) in [5.74, 6) is 0. The van der Waals surface area contributed by atoms with Gasteiger partial charge in [-0.3, -0.25) is 0 Å². The van der Waals surface area contributed by atoms with Crippen molar-refractivity contribution in [3.63, 3.8) is 0 Å². The predicted molar refractivity (Wildman–Crippen MR) is 87.5 cm³/mol. The molecule has 0 aliphatic heterocycles. The minimum Gasteiger partial charge on any atom is -0.380 e. The van der Waals surface area contributed by atoms with Gasteiger partial charge in [-0.15, -0.1) is 0 Å². The molecule has 0 amide bonds. The van der Waals surface area contributed by atoms with Gasteiger partial charge in [0.15, 0.2) is 0 Å². The van der Waals surface area contributed by atoms with Crippen molar-refractivity contribution in [2.24, 2.45) is 0 Å². The van der Waals surface area contributed by atoms with E-state index in [0.717, 1.165) is 0 Å². The third kappa shape index (κ3) is 3.32. The molecule has 1 aromatic rings. The molecule has 0 radical (unpaired) electrons. The van der Waals surface area contributed by atoms with E-state index in [1.54, 1.807) is 0 Å². The fourth-order valence-corrected chi connectivity index (χ4v) is 3.00. The van der Waals surface area contributed by atoms with Gasteiger partial charge in [0.05, 0.1) is 0 Å². The quantitative estimate of drug-likeness (QED) is 0.711. The van der Waals surface area contributed by atoms with E-state index in [4.69, 9.17) is 0 Å². The molecule has 0 bridgehead atoms. The Labute approximate surface area is 119 Å². The van der Waals surface area contributed by atoms with Crippen molar-refractivity contribution in [2.75, 3.05) is 5.32 Å². The monoisotopic (exact) mass is 261 g/mol. The average Bonchev–Trinajstić information content (AvgIpc) is 2.18. The molecular weight excluding hydrogens is 230 g/mol. The van der Waals surface area contributed by atoms with Crippen LogP contribution in [-0.4, -0.2) is 5.54 Å². The van der Waals surface area contributed by atoms with Crippen LogP contribution in [0.15, 0.2) is 0 Å². The van der Waals surface area contributed by atoms with Gasteiger partial charge in [0, 0.05) is 11.2 Å². The van der Waals surface area contributed by atoms with Gasteiger partial charge in [-0.25, -0.2) is 0 Å². The Balaban J connectivity index is 3.57. The van der Waals surface area contributed by atoms with E-state index in [2.05, 4.69) is 74.6 Å². The van der Waals surface area contributed by atoms with Crippen LogP contribution < -0.4 is 5.32 Å². The van der Waals surface area contributed by atoms with Crippen LogP contribution in [0.2, 0.25) is 0 Å². The molecule has 0 saturated heterocycles. The molecule has 1 nitrogen and oxygen atoms in total. The Hall–Kier alpha value is -0.980. The molecule has 0 atom stereocenters. The van der Waals surface area contributed by atoms with Crippen LogP contribution in [0.3, 0.4) is 0 Å². The number of nitrogens with one attached hydrogen (secondary N) is 1. The molecule has 0 spiro atoms. The molecule has 108 valence electrons. The van der Waals surface area contributed by atoms with Gasteiger partial charge < -0.3 is 5.32 Å². The summed E-state index contributed by atoms with van der Waals surface area (Å²) in [7, 11) is 0. The van der Waals surface area contributed by atoms with Gasteiger partial charge in [0.2, 0.25) is 0 Å². The van der Waals surface area contributed by atoms with Crippen LogP contribution >= 0.6 is 0 Å². The summed E-state index contributed by atoms with van der Waals surface area (Å²) in [6.45, 7) is 22.6. The lowest BCUT2D eigenvalue weighted by Crippen LogP contribution is -2.28. The SMILES string of the molecule is Cc1c(C)c(C(C)(C)C)c(C)c(C)c1NC(C)(C)C. The van der Waals surface area contributed by atoms with Crippen LogP contribution in [0, 0.1) is 27.7 Å². The third-order valence-electron chi connectivity index (χ3n) is 3.88. The first-order chi connectivity index (χ1) is 8.36. The zero-order valence-corrected chi connectivity index (χ0v) is 14.5. The number of hydrogen-bond donors (Lipinski definition) is 1. The summed E-state index contributed by atoms with van der Waals surface area (Å²) >= 11 is 0. The first-order valence-electron chi connectivity index (χ1n) is 7.25. The topological polar surface area (TPSA) is 12.0 Å². The lowest BCUT2D eigenvalue weighted by atomic mass is 9.77. The average molecular weight is 261 g/mol. The van der Waals surface area contributed by atoms with Gasteiger partial charge in [-0.1, -0.05) is 20.8 Å². The van der Waals surface area contributed by atoms with E-state index in [-0.39, 0.29) is 11.0 Å². The lowest BCUT2D eigenvalue weighted by Gasteiger charge is -2.32. The normalized spacial score (nSPS) is 12.7. The Morgan fingerprint density at radius 2 is 1.00 bits per heavy atom. The zero-order valence-electron chi connectivity index (χ0n) is 14.5. The standard InChI is InChI=1S/C18H31N/c1-11-13(3)16(19-18(8,9)10)14(4)12(2)15(11)17(5,6)7/h19H,1-10H3. The number of rotatable bonds is 1. The highest BCUT2D eigenvalue weighted by atomic mass is 15.0. The minimum atomic E-state index is 0.0949. The van der Waals surface area contributed by atoms with E-state index in [1.807, 2.05) is 0 Å². The second-order valence-corrected chi connectivity index (χ2v) is 7.88. The van der Waals surface area contributed by atoms with E-state index >= 15 is 0 Å². The molecule has 0 aliphatic carbocycles. The summed E-state index contributed by atoms with van der Waals surface area (Å²) in [5, 5.41) is 3.68. The van der Waals surface area contributed by atoms with Gasteiger partial charge in [-0.2, -0.15) is 0 Å². The van der Waals surface area contributed by atoms with Crippen LogP contribution in [-0.2, 0) is 5.41 Å². The van der Waals surface area contributed by atoms with Crippen LogP contribution in [0.25, 0.3) is 0 Å². The number of anilines is 1. The molecule has 0 aromatic heterocycles. The van der Waals surface area contributed by atoms with Gasteiger partial charge in [0.1, 0.15) is 0 Å². The molecule has 0 aliphatic rings. The van der Waals surface area contributed by atoms with E-state index in [1.165, 1.54) is 33.5 Å². The summed E-state index contributed by atoms with van der Waals surface area (Å²) in [6, 6.07) is 0. The molecule has 1 N–H and O–H groups in total. The smallest absolute Gasteiger partial charge is 0.0409 e. The zero-order chi connectivity index (χ0) is 15.2. The second-order valence-electron chi connectivity index (χ2n) is 7.88. The first-order valence-corrected chi connectivity index (χ1v) is 7.25. The molecule has 1 rings (SSSR count). The summed E-state index contributed by atoms with van der Waals surface area (Å²) in [5.41, 5.74) is 8.76. The fraction of sp³-hybridized carbons (Fsp3) is 0.667. The molecule has 0 unspecified atom stereocenters. The molecule has 0 fully saturated rings. The molecule has 1 heteroatoms. The fourth-order valence-electron chi connectivity index (χ4n) is 3.00. The highest BCUT2D eigenvalue weighted by molar-refractivity contribution is 5.66. The lowest BCUT2D eigenvalue weighted by molar-refractivity contribution is 0.579. The van der Waals surface area contributed by atoms with Crippen molar-refractivity contribution in [3.8, 4) is 0 Å². The first kappa shape index (κ1) is 16.1. The molecule has 1 aromatic carbocycles. The Morgan fingerprint density at radius 3 is 1.26 bits per heavy atom. The number of hydrogen-bond acceptors (Lipinski definition) is 1. The van der Waals surface area contributed by atoms with Crippen molar-refractivity contribution in [1.29, 1.82) is 0 Å². The summed E-state index contributed by atoms with van der Waals surface area (Å²) in [4.78, 5) is 0. The summed E-state index contributed by atoms with van der Waals surface area (Å²) < 4.78 is 0. The Kier molecular flexibility index (Phi) is 4.10. The van der Waals surface area contributed by atoms with E-state index in [0.29, 0.717) is 0 Å². The molecule has 0 saturated carbocycles. The molecule has 0 heterocycles. The van der Waals surface area contributed by atoms with Gasteiger partial charge in [-0.05, 0) is 81.7 Å². The molecule has 19 heavy (non-hydrogen) atoms. The maximum absolute atomic E-state index is 3.68. The molecular formula is C18H31N. The van der Waals surface area contributed by atoms with Gasteiger partial charge >= 0.3 is 0 Å². The number of benzene rings is 1. The van der Waals surface area contributed by atoms with Crippen molar-refractivity contribution in [1.82, 2.24) is 0 Å². The maximum Gasteiger partial charge on any atom is 0.0409 e. The van der Waals surface area contributed by atoms with Crippen molar-refractivity contribution in [2.45, 2.75) is 80.2 Å². The maximum atomic E-state index is 3.68. The summed E-state index contributed by atoms with van der Waals surface area (Å²) in [6.07, 6.45) is 0. The van der Waals surface area contributed by atoms with Gasteiger partial charge in [0.25, 0.3) is 0 Å². The van der Waals surface area contributed by atoms with Crippen molar-refractivity contribution in [3.05, 3.63) is 27.8 Å². The Morgan fingerprint density at radius 1 is 0.632 bits per heavy atom. The van der Waals surface area contributed by atoms with Crippen molar-refractivity contribution >= 4 is 5.69 Å². The minimum absolute atomic E-state index is 0.0949. The highest BCUT2D eigenvalue weighted by Crippen LogP contribution is 2.38. The largest absolute Gasteiger partial charge is 0.380 e. The van der Waals surface area contributed by atoms with E-state index < -0.39 is 0 Å². The van der Waals surface area contributed by atoms with Crippen LogP contribution in [0.5, 0.6) is 0 Å². The Bertz CT molecular complexity index is 453. The predicted octanol–water partition coefficient (Wildman–Crippen LogP) is 5.43. The third-order valence-corrected chi connectivity index (χ3v) is 3.88. The highest BCUT2D eigenvalue weighted by Gasteiger charge is 2.24. The van der Waals surface area contributed by atoms with E-state index in [9.17, 15) is 0 Å². The second kappa shape index (κ2) is 4.85. The van der Waals surface area contributed by atoms with Crippen LogP contribution in [0.1, 0.15) is 69.4 Å². The van der Waals surface area contributed by atoms with Crippen LogP contribution in [0.4, 0.5) is 5.69 Å².